The monoisotopic (exact) mass is 240 g/mol. The first-order chi connectivity index (χ1) is 8.06. The van der Waals surface area contributed by atoms with Crippen LogP contribution in [-0.2, 0) is 0 Å². The molecule has 0 spiro atoms. The van der Waals surface area contributed by atoms with E-state index in [1.165, 1.54) is 6.07 Å². The van der Waals surface area contributed by atoms with Crippen LogP contribution in [0.5, 0.6) is 5.88 Å². The summed E-state index contributed by atoms with van der Waals surface area (Å²) in [5, 5.41) is 20.6. The van der Waals surface area contributed by atoms with Crippen LogP contribution in [0.3, 0.4) is 0 Å². The quantitative estimate of drug-likeness (QED) is 0.580. The van der Waals surface area contributed by atoms with E-state index in [0.717, 1.165) is 6.07 Å². The average Bonchev–Trinajstić information content (AvgIpc) is 2.27. The third-order valence-corrected chi connectivity index (χ3v) is 2.40. The number of carbonyl (C=O) groups excluding carboxylic acids is 1. The van der Waals surface area contributed by atoms with Crippen LogP contribution in [0.4, 0.5) is 0 Å². The molecule has 0 aliphatic carbocycles. The fraction of sp³-hybridized carbons (Fsp3) is 0.455. The molecule has 0 saturated carbocycles. The molecule has 17 heavy (non-hydrogen) atoms. The SMILES string of the molecule is CCC(CCO)NC(=O)c1cc(O)[nH]c(=O)c1. The van der Waals surface area contributed by atoms with Gasteiger partial charge in [-0.25, -0.2) is 0 Å². The smallest absolute Gasteiger partial charge is 0.251 e. The molecule has 1 aromatic rings. The van der Waals surface area contributed by atoms with Gasteiger partial charge in [-0.05, 0) is 12.8 Å². The highest BCUT2D eigenvalue weighted by molar-refractivity contribution is 5.94. The minimum absolute atomic E-state index is 0.0145. The average molecular weight is 240 g/mol. The summed E-state index contributed by atoms with van der Waals surface area (Å²) >= 11 is 0. The molecule has 1 heterocycles. The minimum Gasteiger partial charge on any atom is -0.494 e. The fourth-order valence-electron chi connectivity index (χ4n) is 1.46. The van der Waals surface area contributed by atoms with Gasteiger partial charge in [0, 0.05) is 24.8 Å². The first kappa shape index (κ1) is 13.2. The van der Waals surface area contributed by atoms with Crippen LogP contribution in [0.2, 0.25) is 0 Å². The zero-order valence-corrected chi connectivity index (χ0v) is 9.56. The van der Waals surface area contributed by atoms with E-state index in [0.29, 0.717) is 12.8 Å². The molecule has 0 bridgehead atoms. The van der Waals surface area contributed by atoms with Gasteiger partial charge in [-0.2, -0.15) is 0 Å². The first-order valence-electron chi connectivity index (χ1n) is 5.42. The van der Waals surface area contributed by atoms with E-state index < -0.39 is 11.5 Å². The maximum atomic E-state index is 11.7. The molecule has 6 nitrogen and oxygen atoms in total. The molecule has 0 saturated heterocycles. The molecule has 94 valence electrons. The number of aromatic hydroxyl groups is 1. The van der Waals surface area contributed by atoms with Gasteiger partial charge in [0.2, 0.25) is 0 Å². The van der Waals surface area contributed by atoms with Crippen molar-refractivity contribution in [1.29, 1.82) is 0 Å². The van der Waals surface area contributed by atoms with Gasteiger partial charge in [-0.15, -0.1) is 0 Å². The number of pyridine rings is 1. The summed E-state index contributed by atoms with van der Waals surface area (Å²) in [7, 11) is 0. The summed E-state index contributed by atoms with van der Waals surface area (Å²) in [4.78, 5) is 24.9. The van der Waals surface area contributed by atoms with Crippen molar-refractivity contribution in [3.8, 4) is 5.88 Å². The topological polar surface area (TPSA) is 102 Å². The number of rotatable bonds is 5. The van der Waals surface area contributed by atoms with Crippen molar-refractivity contribution in [3.63, 3.8) is 0 Å². The number of H-pyrrole nitrogens is 1. The highest BCUT2D eigenvalue weighted by atomic mass is 16.3. The third kappa shape index (κ3) is 3.92. The number of amides is 1. The molecule has 0 fully saturated rings. The van der Waals surface area contributed by atoms with Crippen molar-refractivity contribution in [2.75, 3.05) is 6.61 Å². The Labute approximate surface area is 98.3 Å². The van der Waals surface area contributed by atoms with E-state index in [-0.39, 0.29) is 24.1 Å². The Kier molecular flexibility index (Phi) is 4.71. The Morgan fingerprint density at radius 2 is 2.24 bits per heavy atom. The fourth-order valence-corrected chi connectivity index (χ4v) is 1.46. The molecule has 1 unspecified atom stereocenters. The van der Waals surface area contributed by atoms with Gasteiger partial charge in [0.1, 0.15) is 0 Å². The second-order valence-electron chi connectivity index (χ2n) is 3.71. The molecule has 4 N–H and O–H groups in total. The Balaban J connectivity index is 2.78. The van der Waals surface area contributed by atoms with E-state index in [2.05, 4.69) is 10.3 Å². The zero-order valence-electron chi connectivity index (χ0n) is 9.56. The van der Waals surface area contributed by atoms with E-state index >= 15 is 0 Å². The molecule has 6 heteroatoms. The van der Waals surface area contributed by atoms with Crippen LogP contribution in [0.25, 0.3) is 0 Å². The van der Waals surface area contributed by atoms with Crippen molar-refractivity contribution in [1.82, 2.24) is 10.3 Å². The predicted octanol–water partition coefficient (Wildman–Crippen LogP) is -0.0287. The summed E-state index contributed by atoms with van der Waals surface area (Å²) in [6.07, 6.45) is 1.14. The van der Waals surface area contributed by atoms with Crippen molar-refractivity contribution >= 4 is 5.91 Å². The minimum atomic E-state index is -0.537. The van der Waals surface area contributed by atoms with Gasteiger partial charge in [0.25, 0.3) is 11.5 Å². The zero-order chi connectivity index (χ0) is 12.8. The van der Waals surface area contributed by atoms with E-state index in [4.69, 9.17) is 10.2 Å². The Morgan fingerprint density at radius 1 is 1.53 bits per heavy atom. The Hall–Kier alpha value is -1.82. The van der Waals surface area contributed by atoms with E-state index in [9.17, 15) is 9.59 Å². The van der Waals surface area contributed by atoms with Crippen LogP contribution in [0.15, 0.2) is 16.9 Å². The van der Waals surface area contributed by atoms with Gasteiger partial charge >= 0.3 is 0 Å². The van der Waals surface area contributed by atoms with E-state index in [1.54, 1.807) is 0 Å². The van der Waals surface area contributed by atoms with Crippen molar-refractivity contribution < 1.29 is 15.0 Å². The summed E-state index contributed by atoms with van der Waals surface area (Å²) in [5.41, 5.74) is -0.437. The summed E-state index contributed by atoms with van der Waals surface area (Å²) in [6.45, 7) is 1.87. The van der Waals surface area contributed by atoms with Crippen LogP contribution < -0.4 is 10.9 Å². The lowest BCUT2D eigenvalue weighted by Crippen LogP contribution is -2.35. The second-order valence-corrected chi connectivity index (χ2v) is 3.71. The standard InChI is InChI=1S/C11H16N2O4/c1-2-8(3-4-14)12-11(17)7-5-9(15)13-10(16)6-7/h5-6,8,14H,2-4H2,1H3,(H,12,17)(H2,13,15,16). The normalized spacial score (nSPS) is 12.1. The highest BCUT2D eigenvalue weighted by Crippen LogP contribution is 2.05. The van der Waals surface area contributed by atoms with Gasteiger partial charge in [-0.3, -0.25) is 14.6 Å². The number of aliphatic hydroxyl groups excluding tert-OH is 1. The van der Waals surface area contributed by atoms with Crippen LogP contribution >= 0.6 is 0 Å². The van der Waals surface area contributed by atoms with Crippen LogP contribution in [-0.4, -0.2) is 33.8 Å². The molecule has 0 aliphatic heterocycles. The van der Waals surface area contributed by atoms with Crippen molar-refractivity contribution in [2.24, 2.45) is 0 Å². The number of aliphatic hydroxyl groups is 1. The molecule has 0 aliphatic rings. The molecular weight excluding hydrogens is 224 g/mol. The first-order valence-corrected chi connectivity index (χ1v) is 5.42. The predicted molar refractivity (Wildman–Crippen MR) is 62.0 cm³/mol. The molecule has 1 amide bonds. The molecule has 1 atom stereocenters. The number of nitrogens with one attached hydrogen (secondary N) is 2. The maximum absolute atomic E-state index is 11.7. The lowest BCUT2D eigenvalue weighted by Gasteiger charge is -2.15. The molecule has 1 rings (SSSR count). The number of carbonyl (C=O) groups is 1. The molecular formula is C11H16N2O4. The Morgan fingerprint density at radius 3 is 2.76 bits per heavy atom. The molecule has 0 radical (unpaired) electrons. The second kappa shape index (κ2) is 6.05. The number of hydrogen-bond donors (Lipinski definition) is 4. The summed E-state index contributed by atoms with van der Waals surface area (Å²) < 4.78 is 0. The van der Waals surface area contributed by atoms with Gasteiger partial charge in [0.15, 0.2) is 5.88 Å². The lowest BCUT2D eigenvalue weighted by molar-refractivity contribution is 0.0928. The van der Waals surface area contributed by atoms with Crippen molar-refractivity contribution in [2.45, 2.75) is 25.8 Å². The van der Waals surface area contributed by atoms with Gasteiger partial charge in [0.05, 0.1) is 5.56 Å². The lowest BCUT2D eigenvalue weighted by atomic mass is 10.1. The number of hydrogen-bond acceptors (Lipinski definition) is 4. The van der Waals surface area contributed by atoms with Crippen LogP contribution in [0, 0.1) is 0 Å². The molecule has 0 aromatic carbocycles. The summed E-state index contributed by atoms with van der Waals surface area (Å²) in [6, 6.07) is 2.15. The largest absolute Gasteiger partial charge is 0.494 e. The van der Waals surface area contributed by atoms with Crippen molar-refractivity contribution in [3.05, 3.63) is 28.0 Å². The maximum Gasteiger partial charge on any atom is 0.251 e. The summed E-state index contributed by atoms with van der Waals surface area (Å²) in [5.74, 6) is -0.787. The Bertz CT molecular complexity index is 441. The van der Waals surface area contributed by atoms with E-state index in [1.807, 2.05) is 6.92 Å². The number of aromatic nitrogens is 1. The molecule has 1 aromatic heterocycles. The van der Waals surface area contributed by atoms with Crippen LogP contribution in [0.1, 0.15) is 30.1 Å². The van der Waals surface area contributed by atoms with Gasteiger partial charge < -0.3 is 15.5 Å². The third-order valence-electron chi connectivity index (χ3n) is 2.40. The number of aromatic amines is 1. The highest BCUT2D eigenvalue weighted by Gasteiger charge is 2.12. The van der Waals surface area contributed by atoms with Gasteiger partial charge in [-0.1, -0.05) is 6.92 Å².